The average Bonchev–Trinajstić information content (AvgIpc) is 3.17. The van der Waals surface area contributed by atoms with Crippen LogP contribution in [0.5, 0.6) is 0 Å². The highest BCUT2D eigenvalue weighted by atomic mass is 127. The molecule has 0 radical (unpaired) electrons. The van der Waals surface area contributed by atoms with Crippen LogP contribution in [0.25, 0.3) is 22.2 Å². The summed E-state index contributed by atoms with van der Waals surface area (Å²) < 4.78 is 0. The van der Waals surface area contributed by atoms with Crippen LogP contribution >= 0.6 is 22.6 Å². The summed E-state index contributed by atoms with van der Waals surface area (Å²) in [5.41, 5.74) is 3.88. The predicted octanol–water partition coefficient (Wildman–Crippen LogP) is 4.81. The number of anilines is 2. The molecule has 0 aliphatic rings. The van der Waals surface area contributed by atoms with Crippen LogP contribution in [-0.2, 0) is 0 Å². The number of alkyl halides is 1. The number of fused-ring (bicyclic) bond motifs is 1. The van der Waals surface area contributed by atoms with Gasteiger partial charge in [-0.25, -0.2) is 10.1 Å². The number of H-pyrrole nitrogens is 1. The van der Waals surface area contributed by atoms with Crippen molar-refractivity contribution in [2.24, 2.45) is 0 Å². The number of nitrogens with zero attached hydrogens (tertiary/aromatic N) is 3. The molecule has 0 bridgehead atoms. The fraction of sp³-hybridized carbons (Fsp3) is 0.0556. The van der Waals surface area contributed by atoms with E-state index in [0.29, 0.717) is 5.95 Å². The zero-order chi connectivity index (χ0) is 16.8. The number of para-hydroxylation sites is 1. The van der Waals surface area contributed by atoms with E-state index in [1.807, 2.05) is 53.5 Å². The third kappa shape index (κ3) is 3.53. The van der Waals surface area contributed by atoms with Crippen LogP contribution in [0.4, 0.5) is 11.6 Å². The van der Waals surface area contributed by atoms with Crippen molar-refractivity contribution in [1.29, 1.82) is 0 Å². The molecule has 120 valence electrons. The van der Waals surface area contributed by atoms with Crippen molar-refractivity contribution < 1.29 is 0 Å². The Morgan fingerprint density at radius 1 is 0.958 bits per heavy atom. The molecule has 0 unspecified atom stereocenters. The minimum atomic E-state index is 0.607. The van der Waals surface area contributed by atoms with Gasteiger partial charge >= 0.3 is 0 Å². The number of halogens is 1. The number of hydrogen-bond acceptors (Lipinski definition) is 4. The third-order valence-electron chi connectivity index (χ3n) is 3.45. The molecule has 4 rings (SSSR count). The Labute approximate surface area is 153 Å². The molecule has 0 amide bonds. The van der Waals surface area contributed by atoms with E-state index in [1.165, 1.54) is 6.33 Å². The summed E-state index contributed by atoms with van der Waals surface area (Å²) >= 11 is 2.15. The maximum Gasteiger partial charge on any atom is 0.222 e. The highest BCUT2D eigenvalue weighted by molar-refractivity contribution is 14.1. The van der Waals surface area contributed by atoms with Gasteiger partial charge in [0.1, 0.15) is 6.33 Å². The summed E-state index contributed by atoms with van der Waals surface area (Å²) in [5, 5.41) is 11.0. The second kappa shape index (κ2) is 7.87. The number of hydrogen-bond donors (Lipinski definition) is 2. The Balaban J connectivity index is 0.000000815. The molecule has 24 heavy (non-hydrogen) atoms. The zero-order valence-corrected chi connectivity index (χ0v) is 15.2. The lowest BCUT2D eigenvalue weighted by Crippen LogP contribution is -1.96. The number of nitrogens with one attached hydrogen (secondary N) is 2. The van der Waals surface area contributed by atoms with Crippen molar-refractivity contribution in [3.8, 4) is 11.3 Å². The third-order valence-corrected chi connectivity index (χ3v) is 3.45. The quantitative estimate of drug-likeness (QED) is 0.362. The van der Waals surface area contributed by atoms with Gasteiger partial charge in [0.25, 0.3) is 0 Å². The normalized spacial score (nSPS) is 10.1. The number of benzene rings is 2. The van der Waals surface area contributed by atoms with E-state index in [1.54, 1.807) is 0 Å². The fourth-order valence-electron chi connectivity index (χ4n) is 2.43. The van der Waals surface area contributed by atoms with Gasteiger partial charge in [-0.15, -0.1) is 0 Å². The monoisotopic (exact) mass is 429 g/mol. The Morgan fingerprint density at radius 3 is 2.46 bits per heavy atom. The average molecular weight is 429 g/mol. The summed E-state index contributed by atoms with van der Waals surface area (Å²) in [6.07, 6.45) is 1.48. The Kier molecular flexibility index (Phi) is 5.37. The number of aromatic amines is 1. The molecule has 2 N–H and O–H groups in total. The standard InChI is InChI=1S/C17H13N5.CH3I/c1-2-6-12(7-3-1)15-10-16(21-17-18-11-19-22-17)13-8-4-5-9-14(13)20-15;1-2/h1-11H,(H2,18,19,20,21,22);1H3. The van der Waals surface area contributed by atoms with Crippen molar-refractivity contribution in [1.82, 2.24) is 20.2 Å². The van der Waals surface area contributed by atoms with Crippen molar-refractivity contribution in [3.63, 3.8) is 0 Å². The van der Waals surface area contributed by atoms with Gasteiger partial charge in [-0.2, -0.15) is 10.1 Å². The minimum absolute atomic E-state index is 0.607. The molecule has 0 aliphatic heterocycles. The van der Waals surface area contributed by atoms with Crippen LogP contribution in [0.15, 0.2) is 67.0 Å². The van der Waals surface area contributed by atoms with E-state index < -0.39 is 0 Å². The van der Waals surface area contributed by atoms with Gasteiger partial charge in [-0.1, -0.05) is 71.1 Å². The van der Waals surface area contributed by atoms with Gasteiger partial charge in [0.2, 0.25) is 5.95 Å². The predicted molar refractivity (Wildman–Crippen MR) is 107 cm³/mol. The maximum absolute atomic E-state index is 4.75. The maximum atomic E-state index is 4.75. The molecule has 6 heteroatoms. The molecule has 5 nitrogen and oxygen atoms in total. The zero-order valence-electron chi connectivity index (χ0n) is 13.1. The van der Waals surface area contributed by atoms with Crippen LogP contribution in [0, 0.1) is 0 Å². The second-order valence-corrected chi connectivity index (χ2v) is 4.90. The van der Waals surface area contributed by atoms with Gasteiger partial charge in [0, 0.05) is 10.9 Å². The summed E-state index contributed by atoms with van der Waals surface area (Å²) in [6.45, 7) is 0. The number of rotatable bonds is 3. The Bertz CT molecular complexity index is 907. The van der Waals surface area contributed by atoms with E-state index >= 15 is 0 Å². The van der Waals surface area contributed by atoms with Crippen molar-refractivity contribution in [2.45, 2.75) is 0 Å². The molecule has 0 saturated heterocycles. The first-order valence-electron chi connectivity index (χ1n) is 7.35. The molecule has 0 aliphatic carbocycles. The molecule has 0 saturated carbocycles. The smallest absolute Gasteiger partial charge is 0.222 e. The van der Waals surface area contributed by atoms with Crippen LogP contribution in [0.1, 0.15) is 0 Å². The van der Waals surface area contributed by atoms with Gasteiger partial charge < -0.3 is 5.32 Å². The van der Waals surface area contributed by atoms with E-state index in [9.17, 15) is 0 Å². The lowest BCUT2D eigenvalue weighted by molar-refractivity contribution is 1.09. The van der Waals surface area contributed by atoms with Crippen molar-refractivity contribution in [3.05, 3.63) is 67.0 Å². The van der Waals surface area contributed by atoms with Crippen LogP contribution in [0.2, 0.25) is 0 Å². The van der Waals surface area contributed by atoms with Gasteiger partial charge in [-0.3, -0.25) is 0 Å². The van der Waals surface area contributed by atoms with E-state index in [0.717, 1.165) is 27.8 Å². The first-order chi connectivity index (χ1) is 11.9. The van der Waals surface area contributed by atoms with Crippen LogP contribution in [0.3, 0.4) is 0 Å². The fourth-order valence-corrected chi connectivity index (χ4v) is 2.43. The highest BCUT2D eigenvalue weighted by Gasteiger charge is 2.08. The largest absolute Gasteiger partial charge is 0.324 e. The van der Waals surface area contributed by atoms with Crippen LogP contribution in [-0.4, -0.2) is 25.1 Å². The van der Waals surface area contributed by atoms with Gasteiger partial charge in [0.05, 0.1) is 16.9 Å². The highest BCUT2D eigenvalue weighted by Crippen LogP contribution is 2.29. The van der Waals surface area contributed by atoms with E-state index in [-0.39, 0.29) is 0 Å². The summed E-state index contributed by atoms with van der Waals surface area (Å²) in [5.74, 6) is 0.607. The van der Waals surface area contributed by atoms with Gasteiger partial charge in [-0.05, 0) is 17.1 Å². The molecule has 2 aromatic heterocycles. The topological polar surface area (TPSA) is 66.5 Å². The molecule has 0 fully saturated rings. The lowest BCUT2D eigenvalue weighted by atomic mass is 10.1. The number of aromatic nitrogens is 4. The minimum Gasteiger partial charge on any atom is -0.324 e. The van der Waals surface area contributed by atoms with Crippen LogP contribution < -0.4 is 5.32 Å². The summed E-state index contributed by atoms with van der Waals surface area (Å²) in [6, 6.07) is 20.2. The summed E-state index contributed by atoms with van der Waals surface area (Å²) in [7, 11) is 0. The Morgan fingerprint density at radius 2 is 1.71 bits per heavy atom. The molecular formula is C18H16IN5. The first-order valence-corrected chi connectivity index (χ1v) is 9.51. The van der Waals surface area contributed by atoms with Gasteiger partial charge in [0.15, 0.2) is 0 Å². The molecular weight excluding hydrogens is 413 g/mol. The molecule has 0 spiro atoms. The van der Waals surface area contributed by atoms with E-state index in [4.69, 9.17) is 4.98 Å². The SMILES string of the molecule is CI.c1ccc(-c2cc(Nc3ncn[nH]3)c3ccccc3n2)cc1. The van der Waals surface area contributed by atoms with E-state index in [2.05, 4.69) is 55.2 Å². The van der Waals surface area contributed by atoms with Crippen molar-refractivity contribution in [2.75, 3.05) is 10.2 Å². The molecule has 4 aromatic rings. The molecule has 2 heterocycles. The first kappa shape index (κ1) is 16.4. The lowest BCUT2D eigenvalue weighted by Gasteiger charge is -2.10. The van der Waals surface area contributed by atoms with Crippen molar-refractivity contribution >= 4 is 45.1 Å². The second-order valence-electron chi connectivity index (χ2n) is 4.90. The molecule has 2 aromatic carbocycles. The number of pyridine rings is 1. The summed E-state index contributed by atoms with van der Waals surface area (Å²) in [4.78, 5) is 10.8. The Hall–Kier alpha value is -2.48. The molecule has 0 atom stereocenters.